The van der Waals surface area contributed by atoms with Crippen molar-refractivity contribution in [3.63, 3.8) is 0 Å². The van der Waals surface area contributed by atoms with Gasteiger partial charge in [-0.2, -0.15) is 0 Å². The minimum Gasteiger partial charge on any atom is -0.336 e. The first-order valence-electron chi connectivity index (χ1n) is 7.96. The number of carbonyl (C=O) groups is 2. The van der Waals surface area contributed by atoms with Gasteiger partial charge in [0.2, 0.25) is 5.91 Å². The van der Waals surface area contributed by atoms with E-state index in [0.29, 0.717) is 6.04 Å². The second-order valence-electron chi connectivity index (χ2n) is 6.35. The van der Waals surface area contributed by atoms with Crippen molar-refractivity contribution in [1.82, 2.24) is 20.9 Å². The van der Waals surface area contributed by atoms with E-state index in [-0.39, 0.29) is 24.5 Å². The van der Waals surface area contributed by atoms with Gasteiger partial charge in [-0.15, -0.1) is 0 Å². The molecule has 6 heteroatoms. The summed E-state index contributed by atoms with van der Waals surface area (Å²) in [6.45, 7) is 10.0. The van der Waals surface area contributed by atoms with Crippen molar-refractivity contribution in [3.05, 3.63) is 0 Å². The van der Waals surface area contributed by atoms with E-state index in [0.717, 1.165) is 19.5 Å². The number of carbonyl (C=O) groups excluding carboxylic acids is 2. The van der Waals surface area contributed by atoms with Gasteiger partial charge in [0.25, 0.3) is 0 Å². The van der Waals surface area contributed by atoms with Crippen molar-refractivity contribution in [1.29, 1.82) is 0 Å². The Balaban J connectivity index is 2.41. The van der Waals surface area contributed by atoms with Gasteiger partial charge < -0.3 is 10.6 Å². The first-order valence-corrected chi connectivity index (χ1v) is 7.96. The summed E-state index contributed by atoms with van der Waals surface area (Å²) in [7, 11) is 0. The summed E-state index contributed by atoms with van der Waals surface area (Å²) in [5.41, 5.74) is 0. The van der Waals surface area contributed by atoms with Crippen molar-refractivity contribution in [2.24, 2.45) is 0 Å². The molecule has 0 bridgehead atoms. The first kappa shape index (κ1) is 17.9. The Morgan fingerprint density at radius 2 is 1.95 bits per heavy atom. The minimum absolute atomic E-state index is 0.0189. The maximum Gasteiger partial charge on any atom is 0.321 e. The molecule has 1 fully saturated rings. The molecule has 21 heavy (non-hydrogen) atoms. The fraction of sp³-hybridized carbons (Fsp3) is 0.867. The third-order valence-electron chi connectivity index (χ3n) is 3.62. The smallest absolute Gasteiger partial charge is 0.321 e. The van der Waals surface area contributed by atoms with Crippen molar-refractivity contribution in [3.8, 4) is 0 Å². The molecule has 6 nitrogen and oxygen atoms in total. The monoisotopic (exact) mass is 298 g/mol. The molecule has 1 heterocycles. The maximum absolute atomic E-state index is 12.0. The molecular weight excluding hydrogens is 268 g/mol. The predicted octanol–water partition coefficient (Wildman–Crippen LogP) is 1.07. The Morgan fingerprint density at radius 1 is 1.24 bits per heavy atom. The molecule has 1 aliphatic heterocycles. The van der Waals surface area contributed by atoms with Crippen LogP contribution in [0.1, 0.15) is 47.0 Å². The van der Waals surface area contributed by atoms with Crippen LogP contribution in [-0.4, -0.2) is 54.6 Å². The molecule has 0 aromatic heterocycles. The highest BCUT2D eigenvalue weighted by atomic mass is 16.2. The molecule has 3 N–H and O–H groups in total. The van der Waals surface area contributed by atoms with E-state index in [2.05, 4.69) is 34.7 Å². The molecule has 0 saturated carbocycles. The summed E-state index contributed by atoms with van der Waals surface area (Å²) in [4.78, 5) is 25.6. The SMILES string of the molecule is CC(C)NC(=O)NC(=O)CN(CC1CCCCN1)C(C)C. The van der Waals surface area contributed by atoms with Crippen LogP contribution in [0.15, 0.2) is 0 Å². The second-order valence-corrected chi connectivity index (χ2v) is 6.35. The summed E-state index contributed by atoms with van der Waals surface area (Å²) in [6.07, 6.45) is 3.62. The zero-order chi connectivity index (χ0) is 15.8. The maximum atomic E-state index is 12.0. The zero-order valence-electron chi connectivity index (χ0n) is 13.7. The largest absolute Gasteiger partial charge is 0.336 e. The van der Waals surface area contributed by atoms with E-state index in [1.165, 1.54) is 12.8 Å². The Morgan fingerprint density at radius 3 is 2.48 bits per heavy atom. The Labute approximate surface area is 128 Å². The van der Waals surface area contributed by atoms with Gasteiger partial charge in [0, 0.05) is 24.7 Å². The number of piperidine rings is 1. The van der Waals surface area contributed by atoms with E-state index < -0.39 is 6.03 Å². The fourth-order valence-electron chi connectivity index (χ4n) is 2.47. The molecule has 1 rings (SSSR count). The number of rotatable bonds is 6. The van der Waals surface area contributed by atoms with Crippen molar-refractivity contribution >= 4 is 11.9 Å². The van der Waals surface area contributed by atoms with Crippen LogP contribution in [0, 0.1) is 0 Å². The normalized spacial score (nSPS) is 19.1. The summed E-state index contributed by atoms with van der Waals surface area (Å²) in [5.74, 6) is -0.252. The van der Waals surface area contributed by atoms with E-state index in [1.807, 2.05) is 13.8 Å². The number of nitrogens with one attached hydrogen (secondary N) is 3. The van der Waals surface area contributed by atoms with Crippen LogP contribution < -0.4 is 16.0 Å². The van der Waals surface area contributed by atoms with Gasteiger partial charge in [-0.05, 0) is 47.1 Å². The molecule has 0 aromatic carbocycles. The molecule has 3 amide bonds. The third kappa shape index (κ3) is 7.43. The van der Waals surface area contributed by atoms with Gasteiger partial charge in [-0.25, -0.2) is 4.79 Å². The first-order chi connectivity index (χ1) is 9.88. The van der Waals surface area contributed by atoms with Gasteiger partial charge in [-0.1, -0.05) is 6.42 Å². The van der Waals surface area contributed by atoms with Crippen LogP contribution in [-0.2, 0) is 4.79 Å². The lowest BCUT2D eigenvalue weighted by molar-refractivity contribution is -0.121. The fourth-order valence-corrected chi connectivity index (χ4v) is 2.47. The molecule has 0 aliphatic carbocycles. The number of hydrogen-bond donors (Lipinski definition) is 3. The number of imide groups is 1. The summed E-state index contributed by atoms with van der Waals surface area (Å²) in [5, 5.41) is 8.53. The van der Waals surface area contributed by atoms with Crippen LogP contribution in [0.3, 0.4) is 0 Å². The zero-order valence-corrected chi connectivity index (χ0v) is 13.7. The number of nitrogens with zero attached hydrogens (tertiary/aromatic N) is 1. The summed E-state index contributed by atoms with van der Waals surface area (Å²) < 4.78 is 0. The molecule has 0 spiro atoms. The lowest BCUT2D eigenvalue weighted by atomic mass is 10.0. The van der Waals surface area contributed by atoms with Crippen molar-refractivity contribution in [2.75, 3.05) is 19.6 Å². The van der Waals surface area contributed by atoms with Crippen LogP contribution in [0.4, 0.5) is 4.79 Å². The Kier molecular flexibility index (Phi) is 7.67. The lowest BCUT2D eigenvalue weighted by Gasteiger charge is -2.32. The quantitative estimate of drug-likeness (QED) is 0.686. The highest BCUT2D eigenvalue weighted by Crippen LogP contribution is 2.10. The molecule has 1 atom stereocenters. The molecule has 1 unspecified atom stereocenters. The van der Waals surface area contributed by atoms with Gasteiger partial charge in [0.05, 0.1) is 6.54 Å². The number of urea groups is 1. The number of hydrogen-bond acceptors (Lipinski definition) is 4. The molecule has 0 aromatic rings. The third-order valence-corrected chi connectivity index (χ3v) is 3.62. The molecule has 1 saturated heterocycles. The standard InChI is InChI=1S/C15H30N4O2/c1-11(2)17-15(21)18-14(20)10-19(12(3)4)9-13-7-5-6-8-16-13/h11-13,16H,5-10H2,1-4H3,(H2,17,18,20,21). The average Bonchev–Trinajstić information content (AvgIpc) is 2.37. The average molecular weight is 298 g/mol. The number of amides is 3. The van der Waals surface area contributed by atoms with Crippen LogP contribution >= 0.6 is 0 Å². The highest BCUT2D eigenvalue weighted by Gasteiger charge is 2.21. The molecular formula is C15H30N4O2. The van der Waals surface area contributed by atoms with E-state index in [4.69, 9.17) is 0 Å². The van der Waals surface area contributed by atoms with E-state index >= 15 is 0 Å². The Hall–Kier alpha value is -1.14. The molecule has 0 radical (unpaired) electrons. The van der Waals surface area contributed by atoms with Crippen molar-refractivity contribution < 1.29 is 9.59 Å². The van der Waals surface area contributed by atoms with Gasteiger partial charge >= 0.3 is 6.03 Å². The summed E-state index contributed by atoms with van der Waals surface area (Å²) >= 11 is 0. The minimum atomic E-state index is -0.422. The molecule has 122 valence electrons. The van der Waals surface area contributed by atoms with E-state index in [1.54, 1.807) is 0 Å². The van der Waals surface area contributed by atoms with E-state index in [9.17, 15) is 9.59 Å². The van der Waals surface area contributed by atoms with Crippen LogP contribution in [0.25, 0.3) is 0 Å². The topological polar surface area (TPSA) is 73.5 Å². The van der Waals surface area contributed by atoms with Gasteiger partial charge in [-0.3, -0.25) is 15.0 Å². The van der Waals surface area contributed by atoms with Crippen LogP contribution in [0.2, 0.25) is 0 Å². The van der Waals surface area contributed by atoms with Gasteiger partial charge in [0.15, 0.2) is 0 Å². The second kappa shape index (κ2) is 9.00. The predicted molar refractivity (Wildman–Crippen MR) is 84.2 cm³/mol. The van der Waals surface area contributed by atoms with Crippen molar-refractivity contribution in [2.45, 2.75) is 65.1 Å². The van der Waals surface area contributed by atoms with Gasteiger partial charge in [0.1, 0.15) is 0 Å². The molecule has 1 aliphatic rings. The Bertz CT molecular complexity index is 339. The lowest BCUT2D eigenvalue weighted by Crippen LogP contribution is -2.51. The summed E-state index contributed by atoms with van der Waals surface area (Å²) in [6, 6.07) is 0.311. The highest BCUT2D eigenvalue weighted by molar-refractivity contribution is 5.95. The van der Waals surface area contributed by atoms with Crippen LogP contribution in [0.5, 0.6) is 0 Å².